The number of allylic oxidation sites excluding steroid dienone is 1. The molecule has 5 rings (SSSR count). The summed E-state index contributed by atoms with van der Waals surface area (Å²) in [6, 6.07) is 10.5. The second-order valence-electron chi connectivity index (χ2n) is 10.1. The number of hydrazine groups is 1. The Kier molecular flexibility index (Phi) is 7.78. The number of nitrogens with one attached hydrogen (secondary N) is 2. The Hall–Kier alpha value is -3.27. The molecule has 2 fully saturated rings. The Morgan fingerprint density at radius 3 is 2.82 bits per heavy atom. The van der Waals surface area contributed by atoms with E-state index in [2.05, 4.69) is 32.7 Å². The van der Waals surface area contributed by atoms with Crippen molar-refractivity contribution < 1.29 is 13.9 Å². The van der Waals surface area contributed by atoms with Crippen LogP contribution in [0.25, 0.3) is 10.9 Å². The summed E-state index contributed by atoms with van der Waals surface area (Å²) >= 11 is 5.99. The average molecular weight is 539 g/mol. The number of carbonyl (C=O) groups excluding carboxylic acids is 1. The van der Waals surface area contributed by atoms with Crippen molar-refractivity contribution in [1.82, 2.24) is 25.3 Å². The molecule has 38 heavy (non-hydrogen) atoms. The number of likely N-dealkylation sites (tertiary alicyclic amines) is 1. The fourth-order valence-corrected chi connectivity index (χ4v) is 5.60. The molecule has 2 heterocycles. The van der Waals surface area contributed by atoms with E-state index in [4.69, 9.17) is 16.3 Å². The highest BCUT2D eigenvalue weighted by Crippen LogP contribution is 2.53. The van der Waals surface area contributed by atoms with Gasteiger partial charge in [0, 0.05) is 37.4 Å². The lowest BCUT2D eigenvalue weighted by Crippen LogP contribution is -2.43. The highest BCUT2D eigenvalue weighted by atomic mass is 35.5. The summed E-state index contributed by atoms with van der Waals surface area (Å²) in [5.74, 6) is 1.64. The maximum Gasteiger partial charge on any atom is 0.316 e. The van der Waals surface area contributed by atoms with Crippen LogP contribution in [0.4, 0.5) is 10.1 Å². The Morgan fingerprint density at radius 2 is 2.08 bits per heavy atom. The number of halogens is 2. The predicted molar refractivity (Wildman–Crippen MR) is 146 cm³/mol. The largest absolute Gasteiger partial charge is 0.463 e. The maximum absolute atomic E-state index is 13.7. The summed E-state index contributed by atoms with van der Waals surface area (Å²) in [6.45, 7) is 4.78. The number of ether oxygens (including phenoxy) is 1. The minimum absolute atomic E-state index is 0.00558. The van der Waals surface area contributed by atoms with Crippen LogP contribution in [-0.2, 0) is 4.79 Å². The van der Waals surface area contributed by atoms with Crippen LogP contribution in [0.15, 0.2) is 54.7 Å². The number of benzene rings is 2. The molecule has 1 aromatic heterocycles. The van der Waals surface area contributed by atoms with E-state index in [9.17, 15) is 9.18 Å². The second kappa shape index (κ2) is 11.2. The maximum atomic E-state index is 13.7. The van der Waals surface area contributed by atoms with Crippen molar-refractivity contribution in [1.29, 1.82) is 0 Å². The van der Waals surface area contributed by atoms with Gasteiger partial charge in [-0.15, -0.1) is 0 Å². The lowest BCUT2D eigenvalue weighted by Gasteiger charge is -2.30. The molecule has 200 valence electrons. The molecule has 10 heteroatoms. The number of amides is 1. The van der Waals surface area contributed by atoms with Gasteiger partial charge in [-0.25, -0.2) is 9.37 Å². The molecule has 2 aliphatic rings. The molecule has 1 aliphatic carbocycles. The molecular formula is C28H32ClFN6O2. The van der Waals surface area contributed by atoms with Gasteiger partial charge in [0.1, 0.15) is 12.0 Å². The van der Waals surface area contributed by atoms with Crippen molar-refractivity contribution in [3.05, 3.63) is 71.2 Å². The van der Waals surface area contributed by atoms with Crippen LogP contribution in [0.3, 0.4) is 0 Å². The van der Waals surface area contributed by atoms with Crippen molar-refractivity contribution in [3.63, 3.8) is 0 Å². The molecule has 1 saturated heterocycles. The Bertz CT molecular complexity index is 1340. The van der Waals surface area contributed by atoms with Gasteiger partial charge in [0.15, 0.2) is 0 Å². The number of anilines is 1. The monoisotopic (exact) mass is 538 g/mol. The summed E-state index contributed by atoms with van der Waals surface area (Å²) in [5.41, 5.74) is 5.01. The van der Waals surface area contributed by atoms with Crippen molar-refractivity contribution in [2.75, 3.05) is 39.1 Å². The van der Waals surface area contributed by atoms with Crippen molar-refractivity contribution in [2.24, 2.45) is 17.8 Å². The first-order valence-electron chi connectivity index (χ1n) is 12.8. The van der Waals surface area contributed by atoms with E-state index < -0.39 is 12.0 Å². The Morgan fingerprint density at radius 1 is 1.29 bits per heavy atom. The quantitative estimate of drug-likeness (QED) is 0.221. The van der Waals surface area contributed by atoms with E-state index in [0.717, 1.165) is 40.6 Å². The fraction of sp³-hybridized carbons (Fsp3) is 0.393. The predicted octanol–water partition coefficient (Wildman–Crippen LogP) is 4.65. The SMILES string of the molecule is C/C=C/C(=O)NN(C)C(Nc1ccc(F)c(Cl)c1)c1ccc2nc(OCCC3C4CN(C)CC34)ncc2c1. The summed E-state index contributed by atoms with van der Waals surface area (Å²) in [4.78, 5) is 23.6. The van der Waals surface area contributed by atoms with E-state index in [1.807, 2.05) is 18.2 Å². The van der Waals surface area contributed by atoms with E-state index in [-0.39, 0.29) is 10.9 Å². The smallest absolute Gasteiger partial charge is 0.316 e. The minimum Gasteiger partial charge on any atom is -0.463 e. The minimum atomic E-state index is -0.503. The van der Waals surface area contributed by atoms with Gasteiger partial charge in [0.25, 0.3) is 5.91 Å². The highest BCUT2D eigenvalue weighted by Gasteiger charge is 2.53. The molecule has 1 aliphatic heterocycles. The molecule has 0 radical (unpaired) electrons. The topological polar surface area (TPSA) is 82.6 Å². The Labute approximate surface area is 226 Å². The Balaban J connectivity index is 1.30. The van der Waals surface area contributed by atoms with Gasteiger partial charge in [-0.1, -0.05) is 23.7 Å². The highest BCUT2D eigenvalue weighted by molar-refractivity contribution is 6.31. The second-order valence-corrected chi connectivity index (χ2v) is 10.5. The van der Waals surface area contributed by atoms with Crippen molar-refractivity contribution in [3.8, 4) is 6.01 Å². The summed E-state index contributed by atoms with van der Waals surface area (Å²) < 4.78 is 19.6. The molecule has 3 aromatic rings. The number of rotatable bonds is 10. The number of piperidine rings is 1. The molecule has 1 saturated carbocycles. The third-order valence-corrected chi connectivity index (χ3v) is 7.64. The van der Waals surface area contributed by atoms with Crippen LogP contribution in [0, 0.1) is 23.6 Å². The van der Waals surface area contributed by atoms with Gasteiger partial charge >= 0.3 is 6.01 Å². The molecule has 0 bridgehead atoms. The number of hydrogen-bond donors (Lipinski definition) is 2. The molecule has 2 N–H and O–H groups in total. The van der Waals surface area contributed by atoms with Crippen LogP contribution in [0.5, 0.6) is 6.01 Å². The van der Waals surface area contributed by atoms with Crippen molar-refractivity contribution >= 4 is 34.1 Å². The zero-order valence-electron chi connectivity index (χ0n) is 21.7. The summed E-state index contributed by atoms with van der Waals surface area (Å²) in [5, 5.41) is 5.79. The summed E-state index contributed by atoms with van der Waals surface area (Å²) in [6.07, 6.45) is 5.38. The zero-order valence-corrected chi connectivity index (χ0v) is 22.5. The zero-order chi connectivity index (χ0) is 26.8. The van der Waals surface area contributed by atoms with Gasteiger partial charge in [-0.2, -0.15) is 9.99 Å². The molecule has 3 atom stereocenters. The number of nitrogens with zero attached hydrogens (tertiary/aromatic N) is 4. The van der Waals surface area contributed by atoms with Crippen LogP contribution in [0.1, 0.15) is 25.1 Å². The number of carbonyl (C=O) groups is 1. The van der Waals surface area contributed by atoms with Crippen molar-refractivity contribution in [2.45, 2.75) is 19.5 Å². The first-order valence-corrected chi connectivity index (χ1v) is 13.2. The number of hydrogen-bond acceptors (Lipinski definition) is 7. The van der Waals surface area contributed by atoms with E-state index >= 15 is 0 Å². The van der Waals surface area contributed by atoms with E-state index in [0.29, 0.717) is 18.3 Å². The summed E-state index contributed by atoms with van der Waals surface area (Å²) in [7, 11) is 3.93. The molecule has 2 aromatic carbocycles. The fourth-order valence-electron chi connectivity index (χ4n) is 5.42. The van der Waals surface area contributed by atoms with Gasteiger partial charge in [-0.3, -0.25) is 10.2 Å². The van der Waals surface area contributed by atoms with E-state index in [1.165, 1.54) is 31.3 Å². The van der Waals surface area contributed by atoms with Crippen LogP contribution < -0.4 is 15.5 Å². The molecule has 8 nitrogen and oxygen atoms in total. The van der Waals surface area contributed by atoms with Gasteiger partial charge < -0.3 is 15.0 Å². The van der Waals surface area contributed by atoms with Crippen LogP contribution in [0.2, 0.25) is 5.02 Å². The average Bonchev–Trinajstić information content (AvgIpc) is 3.34. The first kappa shape index (κ1) is 26.3. The normalized spacial score (nSPS) is 21.6. The van der Waals surface area contributed by atoms with Crippen LogP contribution >= 0.6 is 11.6 Å². The number of aromatic nitrogens is 2. The van der Waals surface area contributed by atoms with Gasteiger partial charge in [0.05, 0.1) is 17.1 Å². The molecular weight excluding hydrogens is 507 g/mol. The van der Waals surface area contributed by atoms with Gasteiger partial charge in [-0.05, 0) is 80.1 Å². The first-order chi connectivity index (χ1) is 18.3. The number of fused-ring (bicyclic) bond motifs is 2. The van der Waals surface area contributed by atoms with Crippen LogP contribution in [-0.4, -0.2) is 59.6 Å². The molecule has 3 unspecified atom stereocenters. The third kappa shape index (κ3) is 5.90. The van der Waals surface area contributed by atoms with E-state index in [1.54, 1.807) is 37.3 Å². The van der Waals surface area contributed by atoms with Gasteiger partial charge in [0.2, 0.25) is 0 Å². The molecule has 0 spiro atoms. The lowest BCUT2D eigenvalue weighted by molar-refractivity contribution is -0.121. The molecule has 1 amide bonds. The standard InChI is InChI=1S/C28H32ClFN6O2/c1-4-5-26(37)34-36(3)27(32-19-7-8-24(30)23(29)13-19)17-6-9-25-18(12-17)14-31-28(33-25)38-11-10-20-21-15-35(2)16-22(20)21/h4-9,12-14,20-22,27,32H,10-11,15-16H2,1-3H3,(H,34,37)/b5-4+. The third-order valence-electron chi connectivity index (χ3n) is 7.35. The lowest BCUT2D eigenvalue weighted by atomic mass is 10.1.